The summed E-state index contributed by atoms with van der Waals surface area (Å²) in [6, 6.07) is 0.480. The van der Waals surface area contributed by atoms with Gasteiger partial charge in [0.15, 0.2) is 11.6 Å². The first kappa shape index (κ1) is 20.2. The van der Waals surface area contributed by atoms with Crippen molar-refractivity contribution in [1.82, 2.24) is 9.88 Å². The lowest BCUT2D eigenvalue weighted by Crippen LogP contribution is -2.31. The molecule has 0 aliphatic heterocycles. The molecule has 1 heterocycles. The Labute approximate surface area is 152 Å². The summed E-state index contributed by atoms with van der Waals surface area (Å²) in [7, 11) is 0. The van der Waals surface area contributed by atoms with Crippen molar-refractivity contribution in [1.29, 1.82) is 0 Å². The molecule has 1 aromatic carbocycles. The minimum Gasteiger partial charge on any atom is -0.466 e. The number of rotatable bonds is 8. The number of ether oxygens (including phenoxy) is 1. The van der Waals surface area contributed by atoms with Gasteiger partial charge in [-0.05, 0) is 13.3 Å². The minimum absolute atomic E-state index is 0.0267. The third-order valence-electron chi connectivity index (χ3n) is 3.58. The molecule has 1 aromatic heterocycles. The molecule has 2 rings (SSSR count). The van der Waals surface area contributed by atoms with E-state index in [1.165, 1.54) is 4.90 Å². The van der Waals surface area contributed by atoms with Crippen LogP contribution in [0.1, 0.15) is 38.1 Å². The molecule has 2 aromatic rings. The number of carbonyl (C=O) groups excluding carboxylic acids is 2. The first-order valence-corrected chi connectivity index (χ1v) is 9.05. The van der Waals surface area contributed by atoms with E-state index in [1.54, 1.807) is 6.92 Å². The van der Waals surface area contributed by atoms with Crippen molar-refractivity contribution in [3.63, 3.8) is 0 Å². The Hall–Kier alpha value is -2.16. The van der Waals surface area contributed by atoms with Crippen molar-refractivity contribution >= 4 is 33.4 Å². The molecule has 26 heavy (non-hydrogen) atoms. The highest BCUT2D eigenvalue weighted by Gasteiger charge is 2.21. The van der Waals surface area contributed by atoms with Crippen LogP contribution < -0.4 is 0 Å². The van der Waals surface area contributed by atoms with E-state index < -0.39 is 23.4 Å². The van der Waals surface area contributed by atoms with Crippen molar-refractivity contribution in [2.24, 2.45) is 0 Å². The lowest BCUT2D eigenvalue weighted by molar-refractivity contribution is -0.145. The van der Waals surface area contributed by atoms with Gasteiger partial charge in [-0.3, -0.25) is 9.59 Å². The van der Waals surface area contributed by atoms with E-state index in [2.05, 4.69) is 4.98 Å². The number of carbonyl (C=O) groups is 2. The van der Waals surface area contributed by atoms with Crippen LogP contribution in [0.5, 0.6) is 0 Å². The molecule has 1 amide bonds. The fourth-order valence-electron chi connectivity index (χ4n) is 2.42. The van der Waals surface area contributed by atoms with Crippen molar-refractivity contribution in [2.75, 3.05) is 13.2 Å². The third kappa shape index (κ3) is 4.72. The summed E-state index contributed by atoms with van der Waals surface area (Å²) in [5, 5.41) is 0.293. The van der Waals surface area contributed by atoms with Crippen LogP contribution in [0.2, 0.25) is 0 Å². The summed E-state index contributed by atoms with van der Waals surface area (Å²) >= 11 is 0.873. The standard InChI is InChI=1S/C17H19F3N2O3S/c1-3-7-22(13(23)5-6-14(24)25-4-2)9-12-21-16-15(20)10(18)8-11(19)17(16)26-12/h8H,3-7,9H2,1-2H3. The van der Waals surface area contributed by atoms with Crippen LogP contribution in [0.4, 0.5) is 13.2 Å². The Morgan fingerprint density at radius 2 is 1.92 bits per heavy atom. The number of hydrogen-bond acceptors (Lipinski definition) is 5. The summed E-state index contributed by atoms with van der Waals surface area (Å²) in [4.78, 5) is 29.1. The first-order valence-electron chi connectivity index (χ1n) is 8.23. The molecule has 5 nitrogen and oxygen atoms in total. The van der Waals surface area contributed by atoms with Crippen molar-refractivity contribution in [2.45, 2.75) is 39.7 Å². The van der Waals surface area contributed by atoms with Crippen molar-refractivity contribution in [3.05, 3.63) is 28.5 Å². The largest absolute Gasteiger partial charge is 0.466 e. The molecule has 0 unspecified atom stereocenters. The number of nitrogens with zero attached hydrogens (tertiary/aromatic N) is 2. The zero-order valence-electron chi connectivity index (χ0n) is 14.5. The van der Waals surface area contributed by atoms with Crippen LogP contribution >= 0.6 is 11.3 Å². The third-order valence-corrected chi connectivity index (χ3v) is 4.63. The highest BCUT2D eigenvalue weighted by Crippen LogP contribution is 2.29. The van der Waals surface area contributed by atoms with Gasteiger partial charge in [-0.2, -0.15) is 0 Å². The summed E-state index contributed by atoms with van der Waals surface area (Å²) in [5.41, 5.74) is -0.377. The van der Waals surface area contributed by atoms with Crippen molar-refractivity contribution in [3.8, 4) is 0 Å². The second-order valence-electron chi connectivity index (χ2n) is 5.56. The molecular formula is C17H19F3N2O3S. The van der Waals surface area contributed by atoms with Gasteiger partial charge in [0.05, 0.1) is 24.3 Å². The number of benzene rings is 1. The molecule has 0 aliphatic carbocycles. The van der Waals surface area contributed by atoms with E-state index in [9.17, 15) is 22.8 Å². The zero-order chi connectivity index (χ0) is 19.3. The van der Waals surface area contributed by atoms with Gasteiger partial charge < -0.3 is 9.64 Å². The SMILES string of the molecule is CCCN(Cc1nc2c(F)c(F)cc(F)c2s1)C(=O)CCC(=O)OCC. The highest BCUT2D eigenvalue weighted by atomic mass is 32.1. The number of esters is 1. The molecule has 142 valence electrons. The minimum atomic E-state index is -1.30. The lowest BCUT2D eigenvalue weighted by atomic mass is 10.2. The second-order valence-corrected chi connectivity index (χ2v) is 6.64. The quantitative estimate of drug-likeness (QED) is 0.510. The molecule has 0 atom stereocenters. The number of thiazole rings is 1. The maximum Gasteiger partial charge on any atom is 0.306 e. The fraction of sp³-hybridized carbons (Fsp3) is 0.471. The summed E-state index contributed by atoms with van der Waals surface area (Å²) in [5.74, 6) is -4.15. The van der Waals surface area contributed by atoms with Crippen LogP contribution in [0.25, 0.3) is 10.2 Å². The highest BCUT2D eigenvalue weighted by molar-refractivity contribution is 7.18. The summed E-state index contributed by atoms with van der Waals surface area (Å²) in [6.45, 7) is 4.23. The van der Waals surface area contributed by atoms with Gasteiger partial charge in [0, 0.05) is 19.0 Å². The van der Waals surface area contributed by atoms with E-state index >= 15 is 0 Å². The van der Waals surface area contributed by atoms with Gasteiger partial charge in [-0.1, -0.05) is 6.92 Å². The van der Waals surface area contributed by atoms with E-state index in [0.717, 1.165) is 11.3 Å². The van der Waals surface area contributed by atoms with Crippen LogP contribution in [0.15, 0.2) is 6.07 Å². The number of hydrogen-bond donors (Lipinski definition) is 0. The monoisotopic (exact) mass is 388 g/mol. The van der Waals surface area contributed by atoms with Gasteiger partial charge in [0.25, 0.3) is 0 Å². The molecule has 9 heteroatoms. The zero-order valence-corrected chi connectivity index (χ0v) is 15.3. The Kier molecular flexibility index (Phi) is 6.96. The van der Waals surface area contributed by atoms with Crippen molar-refractivity contribution < 1.29 is 27.5 Å². The number of aromatic nitrogens is 1. The molecule has 0 spiro atoms. The maximum atomic E-state index is 13.8. The first-order chi connectivity index (χ1) is 12.4. The second kappa shape index (κ2) is 8.98. The fourth-order valence-corrected chi connectivity index (χ4v) is 3.40. The van der Waals surface area contributed by atoms with E-state index in [-0.39, 0.29) is 42.1 Å². The van der Waals surface area contributed by atoms with Crippen LogP contribution in [-0.2, 0) is 20.9 Å². The molecule has 0 aliphatic rings. The Bertz CT molecular complexity index is 810. The average molecular weight is 388 g/mol. The van der Waals surface area contributed by atoms with Gasteiger partial charge in [0.1, 0.15) is 16.3 Å². The van der Waals surface area contributed by atoms with E-state index in [0.29, 0.717) is 24.0 Å². The average Bonchev–Trinajstić information content (AvgIpc) is 3.02. The van der Waals surface area contributed by atoms with Gasteiger partial charge in [-0.25, -0.2) is 18.2 Å². The Morgan fingerprint density at radius 1 is 1.19 bits per heavy atom. The molecule has 0 radical (unpaired) electrons. The molecular weight excluding hydrogens is 369 g/mol. The molecule has 0 saturated carbocycles. The van der Waals surface area contributed by atoms with Gasteiger partial charge in [-0.15, -0.1) is 11.3 Å². The van der Waals surface area contributed by atoms with E-state index in [1.807, 2.05) is 6.92 Å². The van der Waals surface area contributed by atoms with E-state index in [4.69, 9.17) is 4.74 Å². The Balaban J connectivity index is 2.15. The molecule has 0 fully saturated rings. The lowest BCUT2D eigenvalue weighted by Gasteiger charge is -2.20. The maximum absolute atomic E-state index is 13.8. The Morgan fingerprint density at radius 3 is 2.58 bits per heavy atom. The van der Waals surface area contributed by atoms with Crippen LogP contribution in [-0.4, -0.2) is 34.9 Å². The predicted molar refractivity (Wildman–Crippen MR) is 91.1 cm³/mol. The van der Waals surface area contributed by atoms with Crippen LogP contribution in [0.3, 0.4) is 0 Å². The molecule has 0 bridgehead atoms. The van der Waals surface area contributed by atoms with Gasteiger partial charge >= 0.3 is 5.97 Å². The number of amides is 1. The van der Waals surface area contributed by atoms with Crippen LogP contribution in [0, 0.1) is 17.5 Å². The summed E-state index contributed by atoms with van der Waals surface area (Å²) in [6.07, 6.45) is 0.593. The summed E-state index contributed by atoms with van der Waals surface area (Å²) < 4.78 is 45.6. The molecule has 0 saturated heterocycles. The number of halogens is 3. The normalized spacial score (nSPS) is 11.0. The smallest absolute Gasteiger partial charge is 0.306 e. The molecule has 0 N–H and O–H groups in total. The topological polar surface area (TPSA) is 59.5 Å². The number of fused-ring (bicyclic) bond motifs is 1. The van der Waals surface area contributed by atoms with Gasteiger partial charge in [0.2, 0.25) is 5.91 Å². The predicted octanol–water partition coefficient (Wildman–Crippen LogP) is 3.80.